The van der Waals surface area contributed by atoms with Crippen LogP contribution < -0.4 is 9.47 Å². The molecule has 6 heteroatoms. The van der Waals surface area contributed by atoms with Crippen molar-refractivity contribution in [1.82, 2.24) is 0 Å². The second-order valence-corrected chi connectivity index (χ2v) is 4.93. The molecule has 1 aliphatic heterocycles. The van der Waals surface area contributed by atoms with Crippen molar-refractivity contribution in [2.75, 3.05) is 13.2 Å². The Bertz CT molecular complexity index is 497. The highest BCUT2D eigenvalue weighted by atomic mass is 19.4. The van der Waals surface area contributed by atoms with Crippen LogP contribution in [-0.4, -0.2) is 25.2 Å². The Labute approximate surface area is 114 Å². The highest BCUT2D eigenvalue weighted by molar-refractivity contribution is 5.96. The lowest BCUT2D eigenvalue weighted by atomic mass is 10.1. The van der Waals surface area contributed by atoms with Gasteiger partial charge in [0.05, 0.1) is 19.6 Å². The number of ketones is 1. The van der Waals surface area contributed by atoms with Crippen LogP contribution in [0.4, 0.5) is 13.2 Å². The van der Waals surface area contributed by atoms with Gasteiger partial charge in [-0.3, -0.25) is 4.79 Å². The van der Waals surface area contributed by atoms with E-state index >= 15 is 0 Å². The maximum atomic E-state index is 12.1. The number of hydrogen-bond donors (Lipinski definition) is 0. The van der Waals surface area contributed by atoms with E-state index in [0.29, 0.717) is 24.7 Å². The number of rotatable bonds is 3. The third kappa shape index (κ3) is 3.88. The van der Waals surface area contributed by atoms with Crippen molar-refractivity contribution in [2.24, 2.45) is 5.92 Å². The smallest absolute Gasteiger partial charge is 0.389 e. The number of ether oxygens (including phenoxy) is 2. The van der Waals surface area contributed by atoms with Crippen LogP contribution >= 0.6 is 0 Å². The van der Waals surface area contributed by atoms with Crippen molar-refractivity contribution >= 4 is 5.78 Å². The molecule has 1 heterocycles. The fraction of sp³-hybridized carbons (Fsp3) is 0.500. The molecule has 110 valence electrons. The van der Waals surface area contributed by atoms with Gasteiger partial charge in [-0.2, -0.15) is 13.2 Å². The summed E-state index contributed by atoms with van der Waals surface area (Å²) in [7, 11) is 0. The van der Waals surface area contributed by atoms with E-state index in [0.717, 1.165) is 0 Å². The molecule has 2 rings (SSSR count). The molecule has 0 bridgehead atoms. The van der Waals surface area contributed by atoms with Crippen molar-refractivity contribution < 1.29 is 27.4 Å². The van der Waals surface area contributed by atoms with Gasteiger partial charge in [0.2, 0.25) is 0 Å². The molecule has 1 aromatic carbocycles. The summed E-state index contributed by atoms with van der Waals surface area (Å²) in [5, 5.41) is 0. The van der Waals surface area contributed by atoms with Gasteiger partial charge >= 0.3 is 6.18 Å². The topological polar surface area (TPSA) is 35.5 Å². The van der Waals surface area contributed by atoms with Crippen LogP contribution in [0.2, 0.25) is 0 Å². The molecule has 1 unspecified atom stereocenters. The van der Waals surface area contributed by atoms with Crippen LogP contribution in [0.3, 0.4) is 0 Å². The normalized spacial score (nSPS) is 18.5. The average molecular weight is 288 g/mol. The minimum absolute atomic E-state index is 0.214. The summed E-state index contributed by atoms with van der Waals surface area (Å²) in [5.41, 5.74) is 0.214. The summed E-state index contributed by atoms with van der Waals surface area (Å²) in [6.07, 6.45) is -5.99. The number of fused-ring (bicyclic) bond motifs is 1. The number of Topliss-reactive ketones (excluding diaryl/α,β-unsaturated/α-hetero) is 1. The van der Waals surface area contributed by atoms with Gasteiger partial charge in [-0.1, -0.05) is 6.92 Å². The van der Waals surface area contributed by atoms with E-state index in [9.17, 15) is 18.0 Å². The highest BCUT2D eigenvalue weighted by Gasteiger charge is 2.28. The third-order valence-electron chi connectivity index (χ3n) is 2.95. The summed E-state index contributed by atoms with van der Waals surface area (Å²) in [6, 6.07) is 4.48. The lowest BCUT2D eigenvalue weighted by Gasteiger charge is -2.09. The summed E-state index contributed by atoms with van der Waals surface area (Å²) >= 11 is 0. The van der Waals surface area contributed by atoms with Crippen molar-refractivity contribution in [3.8, 4) is 11.5 Å². The van der Waals surface area contributed by atoms with Gasteiger partial charge in [-0.25, -0.2) is 0 Å². The average Bonchev–Trinajstić information content (AvgIpc) is 2.57. The van der Waals surface area contributed by atoms with Crippen LogP contribution in [0.1, 0.15) is 30.1 Å². The van der Waals surface area contributed by atoms with Gasteiger partial charge in [0.25, 0.3) is 0 Å². The van der Waals surface area contributed by atoms with Crippen molar-refractivity contribution in [2.45, 2.75) is 25.9 Å². The predicted molar refractivity (Wildman–Crippen MR) is 66.2 cm³/mol. The molecule has 0 aromatic heterocycles. The number of halogens is 3. The van der Waals surface area contributed by atoms with Gasteiger partial charge in [0.15, 0.2) is 17.3 Å². The molecule has 0 N–H and O–H groups in total. The van der Waals surface area contributed by atoms with Crippen LogP contribution in [0.25, 0.3) is 0 Å². The van der Waals surface area contributed by atoms with E-state index in [1.54, 1.807) is 6.07 Å². The standard InChI is InChI=1S/C14H15F3O3/c1-9-7-19-12-3-2-10(6-13(12)20-8-9)11(18)4-5-14(15,16)17/h2-3,6,9H,4-5,7-8H2,1H3. The van der Waals surface area contributed by atoms with Gasteiger partial charge in [-0.05, 0) is 18.2 Å². The van der Waals surface area contributed by atoms with Gasteiger partial charge in [-0.15, -0.1) is 0 Å². The number of carbonyl (C=O) groups excluding carboxylic acids is 1. The summed E-state index contributed by atoms with van der Waals surface area (Å²) < 4.78 is 47.3. The zero-order chi connectivity index (χ0) is 14.8. The number of carbonyl (C=O) groups is 1. The maximum Gasteiger partial charge on any atom is 0.389 e. The molecule has 20 heavy (non-hydrogen) atoms. The van der Waals surface area contributed by atoms with E-state index in [2.05, 4.69) is 0 Å². The van der Waals surface area contributed by atoms with Crippen LogP contribution in [-0.2, 0) is 0 Å². The molecule has 1 aromatic rings. The molecular formula is C14H15F3O3. The fourth-order valence-corrected chi connectivity index (χ4v) is 1.83. The second kappa shape index (κ2) is 5.73. The monoisotopic (exact) mass is 288 g/mol. The first-order valence-corrected chi connectivity index (χ1v) is 6.35. The second-order valence-electron chi connectivity index (χ2n) is 4.93. The van der Waals surface area contributed by atoms with Gasteiger partial charge in [0.1, 0.15) is 0 Å². The number of alkyl halides is 3. The van der Waals surface area contributed by atoms with Crippen molar-refractivity contribution in [3.63, 3.8) is 0 Å². The molecule has 1 aliphatic rings. The molecule has 0 aliphatic carbocycles. The van der Waals surface area contributed by atoms with Crippen LogP contribution in [0.5, 0.6) is 11.5 Å². The van der Waals surface area contributed by atoms with Gasteiger partial charge in [0, 0.05) is 17.9 Å². The van der Waals surface area contributed by atoms with E-state index in [1.807, 2.05) is 6.92 Å². The SMILES string of the molecule is CC1COc2ccc(C(=O)CCC(F)(F)F)cc2OC1. The fourth-order valence-electron chi connectivity index (χ4n) is 1.83. The lowest BCUT2D eigenvalue weighted by molar-refractivity contribution is -0.133. The Morgan fingerprint density at radius 2 is 1.90 bits per heavy atom. The van der Waals surface area contributed by atoms with E-state index in [1.165, 1.54) is 12.1 Å². The minimum Gasteiger partial charge on any atom is -0.489 e. The first kappa shape index (κ1) is 14.7. The third-order valence-corrected chi connectivity index (χ3v) is 2.95. The van der Waals surface area contributed by atoms with Gasteiger partial charge < -0.3 is 9.47 Å². The largest absolute Gasteiger partial charge is 0.489 e. The van der Waals surface area contributed by atoms with E-state index < -0.39 is 24.8 Å². The molecule has 0 fully saturated rings. The Balaban J connectivity index is 2.09. The molecule has 0 spiro atoms. The zero-order valence-corrected chi connectivity index (χ0v) is 11.0. The lowest BCUT2D eigenvalue weighted by Crippen LogP contribution is -2.12. The molecule has 0 radical (unpaired) electrons. The zero-order valence-electron chi connectivity index (χ0n) is 11.0. The first-order valence-electron chi connectivity index (χ1n) is 6.35. The van der Waals surface area contributed by atoms with Crippen LogP contribution in [0, 0.1) is 5.92 Å². The molecule has 3 nitrogen and oxygen atoms in total. The minimum atomic E-state index is -4.32. The van der Waals surface area contributed by atoms with E-state index in [-0.39, 0.29) is 11.5 Å². The Kier molecular flexibility index (Phi) is 4.20. The summed E-state index contributed by atoms with van der Waals surface area (Å²) in [6.45, 7) is 2.92. The van der Waals surface area contributed by atoms with Crippen LogP contribution in [0.15, 0.2) is 18.2 Å². The summed E-state index contributed by atoms with van der Waals surface area (Å²) in [4.78, 5) is 11.7. The molecule has 0 amide bonds. The Hall–Kier alpha value is -1.72. The first-order chi connectivity index (χ1) is 9.35. The molecule has 0 saturated heterocycles. The quantitative estimate of drug-likeness (QED) is 0.797. The maximum absolute atomic E-state index is 12.1. The number of benzene rings is 1. The summed E-state index contributed by atoms with van der Waals surface area (Å²) in [5.74, 6) is 0.590. The van der Waals surface area contributed by atoms with Crippen molar-refractivity contribution in [1.29, 1.82) is 0 Å². The Morgan fingerprint density at radius 3 is 2.55 bits per heavy atom. The molecule has 1 atom stereocenters. The predicted octanol–water partition coefficient (Wildman–Crippen LogP) is 3.62. The highest BCUT2D eigenvalue weighted by Crippen LogP contribution is 2.32. The molecule has 0 saturated carbocycles. The van der Waals surface area contributed by atoms with E-state index in [4.69, 9.17) is 9.47 Å². The molecular weight excluding hydrogens is 273 g/mol. The number of hydrogen-bond acceptors (Lipinski definition) is 3. The Morgan fingerprint density at radius 1 is 1.25 bits per heavy atom. The van der Waals surface area contributed by atoms with Crippen molar-refractivity contribution in [3.05, 3.63) is 23.8 Å².